The average Bonchev–Trinajstić information content (AvgIpc) is 3.22. The molecule has 0 saturated carbocycles. The number of carbonyl (C=O) groups is 2. The predicted octanol–water partition coefficient (Wildman–Crippen LogP) is 8.60. The van der Waals surface area contributed by atoms with Crippen molar-refractivity contribution in [1.82, 2.24) is 0 Å². The summed E-state index contributed by atoms with van der Waals surface area (Å²) < 4.78 is 24.2. The van der Waals surface area contributed by atoms with Gasteiger partial charge < -0.3 is 8.37 Å². The Kier molecular flexibility index (Phi) is 7.07. The fourth-order valence-corrected chi connectivity index (χ4v) is 6.44. The van der Waals surface area contributed by atoms with Gasteiger partial charge in [0.05, 0.1) is 0 Å². The Bertz CT molecular complexity index is 1980. The fourth-order valence-electron chi connectivity index (χ4n) is 5.84. The maximum Gasteiger partial charge on any atom is 0.417 e. The predicted molar refractivity (Wildman–Crippen MR) is 175 cm³/mol. The monoisotopic (exact) mass is 596 g/mol. The van der Waals surface area contributed by atoms with Crippen LogP contribution in [0.4, 0.5) is 0 Å². The Hall–Kier alpha value is -5.07. The third-order valence-corrected chi connectivity index (χ3v) is 8.93. The van der Waals surface area contributed by atoms with Crippen molar-refractivity contribution in [2.75, 3.05) is 0 Å². The first-order valence-corrected chi connectivity index (χ1v) is 15.6. The van der Waals surface area contributed by atoms with Gasteiger partial charge in [0.1, 0.15) is 0 Å². The molecule has 0 spiro atoms. The lowest BCUT2D eigenvalue weighted by molar-refractivity contribution is 0.103. The first-order valence-electron chi connectivity index (χ1n) is 14.6. The molecule has 6 aromatic rings. The van der Waals surface area contributed by atoms with E-state index in [1.807, 2.05) is 97.1 Å². The number of hydrogen-bond donors (Lipinski definition) is 0. The lowest BCUT2D eigenvalue weighted by Crippen LogP contribution is -2.06. The standard InChI is InChI=1S/C38H28O5S/c1-3-23-5-9-25(10-6-23)37(39)29-13-17-31-27(21-29)15-19-33-35(31)36-32-18-14-30(38(40)26-11-7-24(4-2)8-12-26)22-28(32)16-20-34(36)43-44(41)42-33/h5-22H,3-4H2,1-2H3. The summed E-state index contributed by atoms with van der Waals surface area (Å²) in [6, 6.07) is 33.8. The Balaban J connectivity index is 1.35. The molecule has 0 unspecified atom stereocenters. The summed E-state index contributed by atoms with van der Waals surface area (Å²) >= 11 is -2.05. The topological polar surface area (TPSA) is 69.7 Å². The number of ketones is 2. The minimum absolute atomic E-state index is 0.0578. The third kappa shape index (κ3) is 4.87. The number of fused-ring (bicyclic) bond motifs is 7. The largest absolute Gasteiger partial charge is 0.417 e. The van der Waals surface area contributed by atoms with Crippen LogP contribution in [0.1, 0.15) is 56.8 Å². The number of aryl methyl sites for hydroxylation is 2. The summed E-state index contributed by atoms with van der Waals surface area (Å²) in [6.45, 7) is 4.17. The van der Waals surface area contributed by atoms with Crippen LogP contribution in [-0.4, -0.2) is 15.8 Å². The molecule has 7 rings (SSSR count). The van der Waals surface area contributed by atoms with Crippen molar-refractivity contribution >= 4 is 44.5 Å². The average molecular weight is 597 g/mol. The van der Waals surface area contributed by atoms with Crippen LogP contribution >= 0.6 is 0 Å². The smallest absolute Gasteiger partial charge is 0.370 e. The molecule has 0 aromatic heterocycles. The van der Waals surface area contributed by atoms with Crippen LogP contribution in [0.2, 0.25) is 0 Å². The molecule has 6 aromatic carbocycles. The van der Waals surface area contributed by atoms with E-state index in [0.717, 1.165) is 45.5 Å². The summed E-state index contributed by atoms with van der Waals surface area (Å²) in [6.07, 6.45) is 1.82. The molecule has 1 aliphatic heterocycles. The molecule has 216 valence electrons. The minimum Gasteiger partial charge on any atom is -0.370 e. The molecule has 6 heteroatoms. The van der Waals surface area contributed by atoms with E-state index in [1.165, 1.54) is 11.1 Å². The van der Waals surface area contributed by atoms with Crippen LogP contribution in [0.3, 0.4) is 0 Å². The molecule has 0 fully saturated rings. The molecule has 0 saturated heterocycles. The summed E-state index contributed by atoms with van der Waals surface area (Å²) in [5.74, 6) is 0.704. The van der Waals surface area contributed by atoms with E-state index in [0.29, 0.717) is 33.8 Å². The Morgan fingerprint density at radius 1 is 0.523 bits per heavy atom. The molecule has 1 heterocycles. The van der Waals surface area contributed by atoms with Gasteiger partial charge >= 0.3 is 11.4 Å². The maximum absolute atomic E-state index is 13.4. The first-order chi connectivity index (χ1) is 21.4. The van der Waals surface area contributed by atoms with Crippen LogP contribution in [0.25, 0.3) is 32.7 Å². The van der Waals surface area contributed by atoms with Gasteiger partial charge in [-0.05, 0) is 69.8 Å². The second kappa shape index (κ2) is 11.2. The summed E-state index contributed by atoms with van der Waals surface area (Å²) in [7, 11) is 0. The van der Waals surface area contributed by atoms with Gasteiger partial charge in [-0.25, -0.2) is 0 Å². The van der Waals surface area contributed by atoms with Gasteiger partial charge in [0.2, 0.25) is 0 Å². The Morgan fingerprint density at radius 2 is 0.909 bits per heavy atom. The molecule has 0 N–H and O–H groups in total. The molecule has 0 bridgehead atoms. The highest BCUT2D eigenvalue weighted by Gasteiger charge is 2.26. The van der Waals surface area contributed by atoms with Crippen molar-refractivity contribution < 1.29 is 22.2 Å². The SMILES string of the molecule is CCc1ccc(C(=O)c2ccc3c4c(ccc3c2)OS(=O)Oc2ccc3cc(C(=O)c5ccc(CC)cc5)ccc3c2-4)cc1. The number of rotatable bonds is 6. The zero-order valence-corrected chi connectivity index (χ0v) is 25.1. The minimum atomic E-state index is -2.05. The number of hydrogen-bond acceptors (Lipinski definition) is 5. The molecule has 0 atom stereocenters. The Morgan fingerprint density at radius 3 is 1.30 bits per heavy atom. The van der Waals surface area contributed by atoms with E-state index in [-0.39, 0.29) is 11.6 Å². The fraction of sp³-hybridized carbons (Fsp3) is 0.105. The van der Waals surface area contributed by atoms with Crippen LogP contribution in [0.5, 0.6) is 11.5 Å². The lowest BCUT2D eigenvalue weighted by atomic mass is 9.90. The van der Waals surface area contributed by atoms with Crippen LogP contribution in [0, 0.1) is 0 Å². The highest BCUT2D eigenvalue weighted by molar-refractivity contribution is 7.76. The van der Waals surface area contributed by atoms with Gasteiger partial charge in [-0.3, -0.25) is 9.59 Å². The summed E-state index contributed by atoms with van der Waals surface area (Å²) in [5.41, 5.74) is 6.20. The van der Waals surface area contributed by atoms with Crippen LogP contribution < -0.4 is 8.37 Å². The molecule has 0 amide bonds. The van der Waals surface area contributed by atoms with Crippen LogP contribution in [0.15, 0.2) is 109 Å². The van der Waals surface area contributed by atoms with Crippen molar-refractivity contribution in [3.63, 3.8) is 0 Å². The van der Waals surface area contributed by atoms with E-state index in [2.05, 4.69) is 13.8 Å². The van der Waals surface area contributed by atoms with Crippen LogP contribution in [-0.2, 0) is 24.2 Å². The zero-order chi connectivity index (χ0) is 30.4. The van der Waals surface area contributed by atoms with E-state index >= 15 is 0 Å². The maximum atomic E-state index is 13.4. The van der Waals surface area contributed by atoms with Gasteiger partial charge in [0.25, 0.3) is 0 Å². The summed E-state index contributed by atoms with van der Waals surface area (Å²) in [5, 5.41) is 3.32. The van der Waals surface area contributed by atoms with Gasteiger partial charge in [0, 0.05) is 33.4 Å². The van der Waals surface area contributed by atoms with Crippen molar-refractivity contribution in [3.8, 4) is 22.6 Å². The molecule has 0 aliphatic carbocycles. The number of benzene rings is 6. The van der Waals surface area contributed by atoms with Gasteiger partial charge in [-0.2, -0.15) is 4.21 Å². The van der Waals surface area contributed by atoms with Crippen molar-refractivity contribution in [3.05, 3.63) is 143 Å². The normalized spacial score (nSPS) is 12.6. The molecule has 1 aliphatic rings. The van der Waals surface area contributed by atoms with Crippen molar-refractivity contribution in [2.45, 2.75) is 26.7 Å². The Labute approximate surface area is 257 Å². The van der Waals surface area contributed by atoms with Gasteiger partial charge in [0.15, 0.2) is 23.1 Å². The first kappa shape index (κ1) is 27.7. The van der Waals surface area contributed by atoms with E-state index in [4.69, 9.17) is 8.37 Å². The summed E-state index contributed by atoms with van der Waals surface area (Å²) in [4.78, 5) is 26.7. The lowest BCUT2D eigenvalue weighted by Gasteiger charge is -2.14. The van der Waals surface area contributed by atoms with Crippen molar-refractivity contribution in [2.24, 2.45) is 0 Å². The molecule has 0 radical (unpaired) electrons. The highest BCUT2D eigenvalue weighted by Crippen LogP contribution is 2.48. The number of carbonyl (C=O) groups excluding carboxylic acids is 2. The van der Waals surface area contributed by atoms with Gasteiger partial charge in [-0.15, -0.1) is 0 Å². The molecule has 5 nitrogen and oxygen atoms in total. The zero-order valence-electron chi connectivity index (χ0n) is 24.3. The van der Waals surface area contributed by atoms with E-state index in [1.54, 1.807) is 12.1 Å². The molecule has 44 heavy (non-hydrogen) atoms. The third-order valence-electron chi connectivity index (χ3n) is 8.30. The van der Waals surface area contributed by atoms with Crippen molar-refractivity contribution in [1.29, 1.82) is 0 Å². The highest BCUT2D eigenvalue weighted by atomic mass is 32.2. The second-order valence-electron chi connectivity index (χ2n) is 10.9. The van der Waals surface area contributed by atoms with Gasteiger partial charge in [-0.1, -0.05) is 98.8 Å². The molecular formula is C38H28O5S. The second-order valence-corrected chi connectivity index (χ2v) is 11.6. The molecular weight excluding hydrogens is 568 g/mol. The van der Waals surface area contributed by atoms with E-state index in [9.17, 15) is 13.8 Å². The quantitative estimate of drug-likeness (QED) is 0.180. The van der Waals surface area contributed by atoms with E-state index < -0.39 is 11.4 Å².